The fraction of sp³-hybridized carbons (Fsp3) is 0.381. The molecule has 2 aromatic rings. The molecule has 1 saturated carbocycles. The van der Waals surface area contributed by atoms with Gasteiger partial charge in [-0.05, 0) is 55.5 Å². The number of benzene rings is 1. The van der Waals surface area contributed by atoms with Gasteiger partial charge in [-0.25, -0.2) is 4.98 Å². The first kappa shape index (κ1) is 19.5. The first-order valence-electron chi connectivity index (χ1n) is 9.12. The number of pyridine rings is 1. The number of nitrogens with one attached hydrogen (secondary N) is 1. The maximum absolute atomic E-state index is 12.9. The SMILES string of the molecule is Cc1nc(C(=O)N(C)C)ccc1C(=O)NC(c1ccc(Br)cc1)C1CCC1. The lowest BCUT2D eigenvalue weighted by molar-refractivity contribution is 0.0819. The normalized spacial score (nSPS) is 15.0. The van der Waals surface area contributed by atoms with E-state index in [-0.39, 0.29) is 17.9 Å². The van der Waals surface area contributed by atoms with Gasteiger partial charge in [0, 0.05) is 18.6 Å². The summed E-state index contributed by atoms with van der Waals surface area (Å²) in [5.74, 6) is 0.133. The lowest BCUT2D eigenvalue weighted by atomic mass is 9.77. The molecule has 1 aromatic carbocycles. The zero-order valence-electron chi connectivity index (χ0n) is 15.8. The van der Waals surface area contributed by atoms with Crippen LogP contribution in [0.1, 0.15) is 57.4 Å². The number of aromatic nitrogens is 1. The number of halogens is 1. The third kappa shape index (κ3) is 4.38. The molecule has 0 saturated heterocycles. The van der Waals surface area contributed by atoms with E-state index in [2.05, 4.69) is 38.4 Å². The van der Waals surface area contributed by atoms with E-state index in [9.17, 15) is 9.59 Å². The fourth-order valence-electron chi connectivity index (χ4n) is 3.28. The first-order chi connectivity index (χ1) is 12.9. The molecule has 1 aliphatic rings. The molecule has 1 fully saturated rings. The summed E-state index contributed by atoms with van der Waals surface area (Å²) in [7, 11) is 3.36. The number of rotatable bonds is 5. The van der Waals surface area contributed by atoms with Crippen molar-refractivity contribution in [3.8, 4) is 0 Å². The number of nitrogens with zero attached hydrogens (tertiary/aromatic N) is 2. The van der Waals surface area contributed by atoms with E-state index in [1.54, 1.807) is 33.2 Å². The Hall–Kier alpha value is -2.21. The van der Waals surface area contributed by atoms with Crippen molar-refractivity contribution < 1.29 is 9.59 Å². The van der Waals surface area contributed by atoms with Crippen molar-refractivity contribution in [3.63, 3.8) is 0 Å². The molecule has 142 valence electrons. The van der Waals surface area contributed by atoms with Crippen LogP contribution < -0.4 is 5.32 Å². The monoisotopic (exact) mass is 429 g/mol. The van der Waals surface area contributed by atoms with Gasteiger partial charge in [-0.15, -0.1) is 0 Å². The number of hydrogen-bond donors (Lipinski definition) is 1. The van der Waals surface area contributed by atoms with Crippen LogP contribution in [-0.4, -0.2) is 35.8 Å². The van der Waals surface area contributed by atoms with Gasteiger partial charge in [-0.3, -0.25) is 9.59 Å². The highest BCUT2D eigenvalue weighted by Crippen LogP contribution is 2.38. The second kappa shape index (κ2) is 8.21. The van der Waals surface area contributed by atoms with Crippen LogP contribution >= 0.6 is 15.9 Å². The van der Waals surface area contributed by atoms with E-state index in [0.717, 1.165) is 22.9 Å². The highest BCUT2D eigenvalue weighted by atomic mass is 79.9. The topological polar surface area (TPSA) is 62.3 Å². The summed E-state index contributed by atoms with van der Waals surface area (Å²) in [6, 6.07) is 11.4. The number of carbonyl (C=O) groups excluding carboxylic acids is 2. The first-order valence-corrected chi connectivity index (χ1v) is 9.91. The average Bonchev–Trinajstić information content (AvgIpc) is 2.59. The van der Waals surface area contributed by atoms with Crippen LogP contribution in [0.3, 0.4) is 0 Å². The predicted octanol–water partition coefficient (Wildman–Crippen LogP) is 4.13. The summed E-state index contributed by atoms with van der Waals surface area (Å²) in [5, 5.41) is 3.19. The number of aryl methyl sites for hydroxylation is 1. The Kier molecular flexibility index (Phi) is 5.95. The van der Waals surface area contributed by atoms with Gasteiger partial charge in [0.25, 0.3) is 11.8 Å². The van der Waals surface area contributed by atoms with Crippen LogP contribution in [0.4, 0.5) is 0 Å². The molecule has 1 aliphatic carbocycles. The van der Waals surface area contributed by atoms with Gasteiger partial charge in [0.2, 0.25) is 0 Å². The third-order valence-electron chi connectivity index (χ3n) is 5.09. The van der Waals surface area contributed by atoms with E-state index in [1.807, 2.05) is 12.1 Å². The zero-order chi connectivity index (χ0) is 19.6. The molecule has 3 rings (SSSR count). The van der Waals surface area contributed by atoms with Crippen LogP contribution in [0.2, 0.25) is 0 Å². The molecule has 0 bridgehead atoms. The predicted molar refractivity (Wildman–Crippen MR) is 109 cm³/mol. The van der Waals surface area contributed by atoms with E-state index in [0.29, 0.717) is 22.9 Å². The Morgan fingerprint density at radius 1 is 1.15 bits per heavy atom. The molecule has 1 aromatic heterocycles. The summed E-state index contributed by atoms with van der Waals surface area (Å²) in [4.78, 5) is 30.8. The number of hydrogen-bond acceptors (Lipinski definition) is 3. The van der Waals surface area contributed by atoms with Gasteiger partial charge in [0.1, 0.15) is 5.69 Å². The molecular weight excluding hydrogens is 406 g/mol. The Morgan fingerprint density at radius 3 is 2.33 bits per heavy atom. The Morgan fingerprint density at radius 2 is 1.81 bits per heavy atom. The summed E-state index contributed by atoms with van der Waals surface area (Å²) >= 11 is 3.46. The van der Waals surface area contributed by atoms with E-state index in [1.165, 1.54) is 11.3 Å². The third-order valence-corrected chi connectivity index (χ3v) is 5.62. The molecule has 1 heterocycles. The molecule has 27 heavy (non-hydrogen) atoms. The van der Waals surface area contributed by atoms with Crippen LogP contribution in [0.5, 0.6) is 0 Å². The second-order valence-corrected chi connectivity index (χ2v) is 8.14. The molecule has 5 nitrogen and oxygen atoms in total. The molecule has 2 amide bonds. The van der Waals surface area contributed by atoms with Gasteiger partial charge >= 0.3 is 0 Å². The lowest BCUT2D eigenvalue weighted by Crippen LogP contribution is -2.36. The Bertz CT molecular complexity index is 845. The average molecular weight is 430 g/mol. The van der Waals surface area contributed by atoms with Gasteiger partial charge in [0.15, 0.2) is 0 Å². The van der Waals surface area contributed by atoms with Crippen molar-refractivity contribution in [2.75, 3.05) is 14.1 Å². The molecule has 0 aliphatic heterocycles. The van der Waals surface area contributed by atoms with Gasteiger partial charge in [0.05, 0.1) is 17.3 Å². The van der Waals surface area contributed by atoms with Crippen LogP contribution in [0.15, 0.2) is 40.9 Å². The molecule has 6 heteroatoms. The van der Waals surface area contributed by atoms with E-state index >= 15 is 0 Å². The van der Waals surface area contributed by atoms with Crippen LogP contribution in [0.25, 0.3) is 0 Å². The standard InChI is InChI=1S/C21H24BrN3O2/c1-13-17(11-12-18(23-13)21(27)25(2)3)20(26)24-19(14-5-4-6-14)15-7-9-16(22)10-8-15/h7-12,14,19H,4-6H2,1-3H3,(H,24,26). The maximum atomic E-state index is 12.9. The van der Waals surface area contributed by atoms with Gasteiger partial charge in [-0.2, -0.15) is 0 Å². The lowest BCUT2D eigenvalue weighted by Gasteiger charge is -2.34. The van der Waals surface area contributed by atoms with E-state index in [4.69, 9.17) is 0 Å². The molecule has 1 atom stereocenters. The summed E-state index contributed by atoms with van der Waals surface area (Å²) < 4.78 is 1.02. The summed E-state index contributed by atoms with van der Waals surface area (Å²) in [6.45, 7) is 1.76. The smallest absolute Gasteiger partial charge is 0.271 e. The highest BCUT2D eigenvalue weighted by Gasteiger charge is 2.30. The maximum Gasteiger partial charge on any atom is 0.271 e. The second-order valence-electron chi connectivity index (χ2n) is 7.22. The van der Waals surface area contributed by atoms with Crippen molar-refractivity contribution in [2.45, 2.75) is 32.2 Å². The van der Waals surface area contributed by atoms with Crippen molar-refractivity contribution in [2.24, 2.45) is 5.92 Å². The fourth-order valence-corrected chi connectivity index (χ4v) is 3.55. The quantitative estimate of drug-likeness (QED) is 0.776. The minimum absolute atomic E-state index is 0.0122. The summed E-state index contributed by atoms with van der Waals surface area (Å²) in [5.41, 5.74) is 2.52. The minimum Gasteiger partial charge on any atom is -0.345 e. The minimum atomic E-state index is -0.174. The molecular formula is C21H24BrN3O2. The Balaban J connectivity index is 1.81. The molecule has 1 N–H and O–H groups in total. The van der Waals surface area contributed by atoms with Crippen molar-refractivity contribution in [1.82, 2.24) is 15.2 Å². The van der Waals surface area contributed by atoms with Gasteiger partial charge < -0.3 is 10.2 Å². The summed E-state index contributed by atoms with van der Waals surface area (Å²) in [6.07, 6.45) is 3.44. The largest absolute Gasteiger partial charge is 0.345 e. The van der Waals surface area contributed by atoms with Crippen LogP contribution in [-0.2, 0) is 0 Å². The van der Waals surface area contributed by atoms with Crippen molar-refractivity contribution in [3.05, 3.63) is 63.4 Å². The molecule has 0 radical (unpaired) electrons. The number of amides is 2. The van der Waals surface area contributed by atoms with Crippen LogP contribution in [0, 0.1) is 12.8 Å². The molecule has 0 spiro atoms. The number of carbonyl (C=O) groups is 2. The van der Waals surface area contributed by atoms with Crippen molar-refractivity contribution >= 4 is 27.7 Å². The Labute approximate surface area is 168 Å². The van der Waals surface area contributed by atoms with Gasteiger partial charge in [-0.1, -0.05) is 34.5 Å². The zero-order valence-corrected chi connectivity index (χ0v) is 17.4. The molecule has 1 unspecified atom stereocenters. The highest BCUT2D eigenvalue weighted by molar-refractivity contribution is 9.10. The van der Waals surface area contributed by atoms with E-state index < -0.39 is 0 Å². The van der Waals surface area contributed by atoms with Crippen molar-refractivity contribution in [1.29, 1.82) is 0 Å².